The number of aromatic nitrogens is 2. The van der Waals surface area contributed by atoms with Gasteiger partial charge in [-0.2, -0.15) is 4.98 Å². The molecule has 0 saturated carbocycles. The van der Waals surface area contributed by atoms with Gasteiger partial charge in [0, 0.05) is 20.3 Å². The maximum atomic E-state index is 5.84. The molecule has 0 aliphatic rings. The van der Waals surface area contributed by atoms with E-state index >= 15 is 0 Å². The summed E-state index contributed by atoms with van der Waals surface area (Å²) in [6, 6.07) is 0. The normalized spacial score (nSPS) is 12.0. The Labute approximate surface area is 114 Å². The standard InChI is InChI=1S/C13H25N3O3/c1-5-13(6-2,18-7-3)12-15-11(19-16-12)10-14-8-9-17-4/h14H,5-10H2,1-4H3. The second-order valence-corrected chi connectivity index (χ2v) is 4.32. The van der Waals surface area contributed by atoms with Gasteiger partial charge in [0.05, 0.1) is 13.2 Å². The summed E-state index contributed by atoms with van der Waals surface area (Å²) in [4.78, 5) is 4.43. The number of rotatable bonds is 10. The van der Waals surface area contributed by atoms with Crippen molar-refractivity contribution in [2.45, 2.75) is 45.8 Å². The van der Waals surface area contributed by atoms with E-state index in [-0.39, 0.29) is 0 Å². The summed E-state index contributed by atoms with van der Waals surface area (Å²) >= 11 is 0. The molecule has 1 rings (SSSR count). The monoisotopic (exact) mass is 271 g/mol. The molecule has 6 nitrogen and oxygen atoms in total. The van der Waals surface area contributed by atoms with Gasteiger partial charge in [0.2, 0.25) is 11.7 Å². The molecule has 1 N–H and O–H groups in total. The number of hydrogen-bond acceptors (Lipinski definition) is 6. The molecule has 0 radical (unpaired) electrons. The largest absolute Gasteiger partial charge is 0.383 e. The van der Waals surface area contributed by atoms with Gasteiger partial charge in [-0.05, 0) is 19.8 Å². The molecule has 0 aromatic carbocycles. The highest BCUT2D eigenvalue weighted by molar-refractivity contribution is 5.01. The zero-order chi connectivity index (χ0) is 14.1. The molecule has 110 valence electrons. The minimum absolute atomic E-state index is 0.428. The van der Waals surface area contributed by atoms with Crippen molar-refractivity contribution in [2.75, 3.05) is 26.9 Å². The van der Waals surface area contributed by atoms with E-state index in [4.69, 9.17) is 14.0 Å². The highest BCUT2D eigenvalue weighted by atomic mass is 16.5. The van der Waals surface area contributed by atoms with Crippen molar-refractivity contribution in [1.29, 1.82) is 0 Å². The molecule has 1 heterocycles. The number of ether oxygens (including phenoxy) is 2. The van der Waals surface area contributed by atoms with E-state index in [0.717, 1.165) is 19.4 Å². The number of methoxy groups -OCH3 is 1. The average Bonchev–Trinajstić information content (AvgIpc) is 2.90. The topological polar surface area (TPSA) is 69.4 Å². The summed E-state index contributed by atoms with van der Waals surface area (Å²) in [5.41, 5.74) is -0.428. The summed E-state index contributed by atoms with van der Waals surface area (Å²) in [5.74, 6) is 1.22. The lowest BCUT2D eigenvalue weighted by atomic mass is 9.96. The Bertz CT molecular complexity index is 351. The number of hydrogen-bond donors (Lipinski definition) is 1. The van der Waals surface area contributed by atoms with Gasteiger partial charge in [0.25, 0.3) is 0 Å². The van der Waals surface area contributed by atoms with Crippen LogP contribution in [0.2, 0.25) is 0 Å². The van der Waals surface area contributed by atoms with Crippen LogP contribution < -0.4 is 5.32 Å². The average molecular weight is 271 g/mol. The van der Waals surface area contributed by atoms with Gasteiger partial charge < -0.3 is 19.3 Å². The van der Waals surface area contributed by atoms with Crippen molar-refractivity contribution in [3.05, 3.63) is 11.7 Å². The first-order valence-corrected chi connectivity index (χ1v) is 6.89. The summed E-state index contributed by atoms with van der Waals surface area (Å²) in [6.45, 7) is 8.73. The Hall–Kier alpha value is -0.980. The van der Waals surface area contributed by atoms with Crippen LogP contribution in [0.25, 0.3) is 0 Å². The molecule has 0 amide bonds. The Morgan fingerprint density at radius 3 is 2.58 bits per heavy atom. The van der Waals surface area contributed by atoms with Crippen LogP contribution in [0.15, 0.2) is 4.52 Å². The third-order valence-electron chi connectivity index (χ3n) is 3.20. The second kappa shape index (κ2) is 8.24. The molecular formula is C13H25N3O3. The molecule has 0 saturated heterocycles. The Kier molecular flexibility index (Phi) is 6.97. The SMILES string of the molecule is CCOC(CC)(CC)c1noc(CNCCOC)n1. The molecule has 0 spiro atoms. The Morgan fingerprint density at radius 2 is 2.00 bits per heavy atom. The van der Waals surface area contributed by atoms with Crippen molar-refractivity contribution < 1.29 is 14.0 Å². The van der Waals surface area contributed by atoms with Crippen LogP contribution in [0.4, 0.5) is 0 Å². The molecular weight excluding hydrogens is 246 g/mol. The van der Waals surface area contributed by atoms with Gasteiger partial charge in [-0.15, -0.1) is 0 Å². The van der Waals surface area contributed by atoms with Crippen LogP contribution in [0.5, 0.6) is 0 Å². The van der Waals surface area contributed by atoms with Crippen molar-refractivity contribution in [1.82, 2.24) is 15.5 Å². The fourth-order valence-corrected chi connectivity index (χ4v) is 1.99. The minimum Gasteiger partial charge on any atom is -0.383 e. The summed E-state index contributed by atoms with van der Waals surface area (Å²) in [7, 11) is 1.67. The van der Waals surface area contributed by atoms with Gasteiger partial charge in [-0.1, -0.05) is 19.0 Å². The van der Waals surface area contributed by atoms with Crippen LogP contribution in [-0.2, 0) is 21.6 Å². The van der Waals surface area contributed by atoms with Crippen LogP contribution in [0.3, 0.4) is 0 Å². The lowest BCUT2D eigenvalue weighted by molar-refractivity contribution is -0.0583. The van der Waals surface area contributed by atoms with Crippen LogP contribution in [-0.4, -0.2) is 37.0 Å². The van der Waals surface area contributed by atoms with Gasteiger partial charge >= 0.3 is 0 Å². The van der Waals surface area contributed by atoms with E-state index < -0.39 is 5.60 Å². The van der Waals surface area contributed by atoms with E-state index in [1.165, 1.54) is 0 Å². The van der Waals surface area contributed by atoms with Gasteiger partial charge in [-0.3, -0.25) is 0 Å². The zero-order valence-electron chi connectivity index (χ0n) is 12.4. The second-order valence-electron chi connectivity index (χ2n) is 4.32. The van der Waals surface area contributed by atoms with Gasteiger partial charge in [-0.25, -0.2) is 0 Å². The van der Waals surface area contributed by atoms with E-state index in [1.54, 1.807) is 7.11 Å². The third-order valence-corrected chi connectivity index (χ3v) is 3.20. The maximum absolute atomic E-state index is 5.84. The maximum Gasteiger partial charge on any atom is 0.240 e. The van der Waals surface area contributed by atoms with Crippen molar-refractivity contribution >= 4 is 0 Å². The zero-order valence-corrected chi connectivity index (χ0v) is 12.4. The van der Waals surface area contributed by atoms with E-state index in [9.17, 15) is 0 Å². The van der Waals surface area contributed by atoms with Crippen LogP contribution >= 0.6 is 0 Å². The smallest absolute Gasteiger partial charge is 0.240 e. The molecule has 1 aromatic rings. The molecule has 0 bridgehead atoms. The lowest BCUT2D eigenvalue weighted by Gasteiger charge is -2.27. The molecule has 0 unspecified atom stereocenters. The van der Waals surface area contributed by atoms with E-state index in [2.05, 4.69) is 29.3 Å². The van der Waals surface area contributed by atoms with Crippen LogP contribution in [0, 0.1) is 0 Å². The quantitative estimate of drug-likeness (QED) is 0.655. The van der Waals surface area contributed by atoms with Crippen LogP contribution in [0.1, 0.15) is 45.3 Å². The Morgan fingerprint density at radius 1 is 1.26 bits per heavy atom. The third kappa shape index (κ3) is 4.26. The number of nitrogens with zero attached hydrogens (tertiary/aromatic N) is 2. The van der Waals surface area contributed by atoms with Crippen molar-refractivity contribution in [3.63, 3.8) is 0 Å². The first kappa shape index (κ1) is 16.1. The fraction of sp³-hybridized carbons (Fsp3) is 0.846. The summed E-state index contributed by atoms with van der Waals surface area (Å²) in [5, 5.41) is 7.24. The molecule has 0 aliphatic carbocycles. The van der Waals surface area contributed by atoms with E-state index in [1.807, 2.05) is 6.92 Å². The molecule has 0 aliphatic heterocycles. The fourth-order valence-electron chi connectivity index (χ4n) is 1.99. The first-order chi connectivity index (χ1) is 9.22. The lowest BCUT2D eigenvalue weighted by Crippen LogP contribution is -2.30. The number of nitrogens with one attached hydrogen (secondary N) is 1. The summed E-state index contributed by atoms with van der Waals surface area (Å²) in [6.07, 6.45) is 1.65. The van der Waals surface area contributed by atoms with Crippen molar-refractivity contribution in [2.24, 2.45) is 0 Å². The molecule has 0 atom stereocenters. The minimum atomic E-state index is -0.428. The first-order valence-electron chi connectivity index (χ1n) is 6.89. The molecule has 0 fully saturated rings. The predicted molar refractivity (Wildman–Crippen MR) is 71.8 cm³/mol. The van der Waals surface area contributed by atoms with Crippen molar-refractivity contribution in [3.8, 4) is 0 Å². The molecule has 1 aromatic heterocycles. The highest BCUT2D eigenvalue weighted by Crippen LogP contribution is 2.30. The van der Waals surface area contributed by atoms with E-state index in [0.29, 0.717) is 31.5 Å². The Balaban J connectivity index is 2.65. The highest BCUT2D eigenvalue weighted by Gasteiger charge is 2.34. The summed E-state index contributed by atoms with van der Waals surface area (Å²) < 4.78 is 16.1. The molecule has 6 heteroatoms. The molecule has 19 heavy (non-hydrogen) atoms. The van der Waals surface area contributed by atoms with Gasteiger partial charge in [0.15, 0.2) is 0 Å². The predicted octanol–water partition coefficient (Wildman–Crippen LogP) is 1.86. The van der Waals surface area contributed by atoms with Gasteiger partial charge in [0.1, 0.15) is 5.60 Å².